The van der Waals surface area contributed by atoms with Gasteiger partial charge in [0.15, 0.2) is 5.11 Å². The largest absolute Gasteiger partial charge is 0.351 e. The van der Waals surface area contributed by atoms with Crippen molar-refractivity contribution in [3.05, 3.63) is 76.9 Å². The number of rotatable bonds is 6. The van der Waals surface area contributed by atoms with Crippen LogP contribution in [0.3, 0.4) is 0 Å². The van der Waals surface area contributed by atoms with Gasteiger partial charge in [-0.05, 0) is 94.4 Å². The third kappa shape index (κ3) is 4.32. The van der Waals surface area contributed by atoms with E-state index in [0.29, 0.717) is 17.6 Å². The minimum absolute atomic E-state index is 0.00317. The molecule has 3 heterocycles. The Labute approximate surface area is 207 Å². The van der Waals surface area contributed by atoms with E-state index in [1.54, 1.807) is 0 Å². The van der Waals surface area contributed by atoms with Crippen molar-refractivity contribution in [2.75, 3.05) is 10.2 Å². The zero-order valence-electron chi connectivity index (χ0n) is 20.7. The van der Waals surface area contributed by atoms with Crippen LogP contribution in [0.1, 0.15) is 73.5 Å². The highest BCUT2D eigenvalue weighted by molar-refractivity contribution is 7.80. The third-order valence-corrected chi connectivity index (χ3v) is 6.85. The Balaban J connectivity index is 1.83. The fourth-order valence-electron chi connectivity index (χ4n) is 5.02. The number of hydrogen-bond acceptors (Lipinski definition) is 3. The number of thiocarbonyl (C=S) groups is 1. The minimum Gasteiger partial charge on any atom is -0.351 e. The van der Waals surface area contributed by atoms with E-state index >= 15 is 0 Å². The quantitative estimate of drug-likeness (QED) is 0.434. The Bertz CT molecular complexity index is 1220. The van der Waals surface area contributed by atoms with E-state index in [0.717, 1.165) is 22.6 Å². The van der Waals surface area contributed by atoms with E-state index < -0.39 is 0 Å². The minimum atomic E-state index is -0.0883. The van der Waals surface area contributed by atoms with E-state index in [-0.39, 0.29) is 18.0 Å². The molecule has 2 atom stereocenters. The van der Waals surface area contributed by atoms with Crippen LogP contribution in [0.2, 0.25) is 0 Å². The molecule has 0 radical (unpaired) electrons. The van der Waals surface area contributed by atoms with Crippen LogP contribution in [0, 0.1) is 20.8 Å². The smallest absolute Gasteiger partial charge is 0.224 e. The zero-order valence-corrected chi connectivity index (χ0v) is 21.5. The molecule has 1 aliphatic rings. The van der Waals surface area contributed by atoms with Crippen LogP contribution in [-0.2, 0) is 4.79 Å². The van der Waals surface area contributed by atoms with Crippen molar-refractivity contribution < 1.29 is 4.79 Å². The predicted molar refractivity (Wildman–Crippen MR) is 142 cm³/mol. The van der Waals surface area contributed by atoms with Crippen molar-refractivity contribution in [1.82, 2.24) is 14.9 Å². The van der Waals surface area contributed by atoms with Gasteiger partial charge >= 0.3 is 0 Å². The second-order valence-electron chi connectivity index (χ2n) is 9.19. The molecule has 6 nitrogen and oxygen atoms in total. The lowest BCUT2D eigenvalue weighted by molar-refractivity contribution is -0.115. The summed E-state index contributed by atoms with van der Waals surface area (Å²) in [5.74, 6) is 0.00317. The molecule has 34 heavy (non-hydrogen) atoms. The van der Waals surface area contributed by atoms with Gasteiger partial charge in [-0.25, -0.2) is 0 Å². The van der Waals surface area contributed by atoms with Gasteiger partial charge in [-0.3, -0.25) is 9.78 Å². The highest BCUT2D eigenvalue weighted by atomic mass is 32.1. The van der Waals surface area contributed by atoms with Gasteiger partial charge < -0.3 is 20.1 Å². The molecule has 1 amide bonds. The second-order valence-corrected chi connectivity index (χ2v) is 9.57. The molecule has 0 saturated carbocycles. The number of aryl methyl sites for hydroxylation is 2. The topological polar surface area (TPSA) is 62.2 Å². The van der Waals surface area contributed by atoms with Gasteiger partial charge in [0, 0.05) is 41.4 Å². The summed E-state index contributed by atoms with van der Waals surface area (Å²) in [6.45, 7) is 12.6. The number of aromatic nitrogens is 2. The lowest BCUT2D eigenvalue weighted by Gasteiger charge is -2.29. The van der Waals surface area contributed by atoms with Crippen molar-refractivity contribution in [2.24, 2.45) is 0 Å². The molecule has 4 rings (SSSR count). The van der Waals surface area contributed by atoms with Crippen LogP contribution in [0.25, 0.3) is 0 Å². The number of carbonyl (C=O) groups excluding carboxylic acids is 1. The van der Waals surface area contributed by atoms with Crippen molar-refractivity contribution in [3.63, 3.8) is 0 Å². The van der Waals surface area contributed by atoms with Crippen molar-refractivity contribution in [3.8, 4) is 0 Å². The van der Waals surface area contributed by atoms with Gasteiger partial charge in [0.25, 0.3) is 0 Å². The Morgan fingerprint density at radius 1 is 1.18 bits per heavy atom. The summed E-state index contributed by atoms with van der Waals surface area (Å²) in [7, 11) is 0. The zero-order chi connectivity index (χ0) is 24.6. The van der Waals surface area contributed by atoms with E-state index in [1.165, 1.54) is 17.0 Å². The average molecular weight is 476 g/mol. The number of hydrogen-bond donors (Lipinski definition) is 2. The molecule has 1 fully saturated rings. The summed E-state index contributed by atoms with van der Waals surface area (Å²) in [6, 6.07) is 14.6. The SMILES string of the molecule is CCC(=O)Nc1ccc(N2C(=S)N[C@H](c3ccccn3)[C@@H]2c2cc(C)n(C(C)C)c2C)cc1C. The highest BCUT2D eigenvalue weighted by Gasteiger charge is 2.42. The van der Waals surface area contributed by atoms with Gasteiger partial charge in [0.05, 0.1) is 17.8 Å². The molecule has 178 valence electrons. The molecule has 0 aliphatic carbocycles. The number of anilines is 2. The summed E-state index contributed by atoms with van der Waals surface area (Å²) in [5, 5.41) is 7.19. The van der Waals surface area contributed by atoms with Crippen LogP contribution in [-0.4, -0.2) is 20.6 Å². The van der Waals surface area contributed by atoms with Gasteiger partial charge in [-0.15, -0.1) is 0 Å². The lowest BCUT2D eigenvalue weighted by atomic mass is 9.96. The van der Waals surface area contributed by atoms with Crippen LogP contribution >= 0.6 is 12.2 Å². The highest BCUT2D eigenvalue weighted by Crippen LogP contribution is 2.44. The Hall–Kier alpha value is -3.19. The van der Waals surface area contributed by atoms with Crippen LogP contribution in [0.5, 0.6) is 0 Å². The van der Waals surface area contributed by atoms with Gasteiger partial charge in [-0.1, -0.05) is 13.0 Å². The van der Waals surface area contributed by atoms with E-state index in [1.807, 2.05) is 50.4 Å². The monoisotopic (exact) mass is 475 g/mol. The molecule has 2 aromatic heterocycles. The fourth-order valence-corrected chi connectivity index (χ4v) is 5.37. The normalized spacial score (nSPS) is 17.9. The Morgan fingerprint density at radius 3 is 2.53 bits per heavy atom. The lowest BCUT2D eigenvalue weighted by Crippen LogP contribution is -2.29. The van der Waals surface area contributed by atoms with Crippen molar-refractivity contribution in [2.45, 2.75) is 66.1 Å². The van der Waals surface area contributed by atoms with E-state index in [2.05, 4.69) is 64.9 Å². The summed E-state index contributed by atoms with van der Waals surface area (Å²) in [4.78, 5) is 18.8. The molecule has 3 aromatic rings. The average Bonchev–Trinajstić information content (AvgIpc) is 3.30. The maximum absolute atomic E-state index is 11.9. The first-order valence-corrected chi connectivity index (χ1v) is 12.2. The molecule has 0 bridgehead atoms. The molecule has 1 saturated heterocycles. The second kappa shape index (κ2) is 9.58. The molecule has 7 heteroatoms. The standard InChI is InChI=1S/C27H33N5OS/c1-7-24(33)29-22-12-11-20(14-17(22)4)32-26(21-15-18(5)31(16(2)3)19(21)6)25(30-27(32)34)23-10-8-9-13-28-23/h8-16,25-26H,7H2,1-6H3,(H,29,33)(H,30,34)/t25-,26+/m1/s1. The molecule has 1 aliphatic heterocycles. The molecular weight excluding hydrogens is 442 g/mol. The molecule has 0 unspecified atom stereocenters. The molecule has 1 aromatic carbocycles. The summed E-state index contributed by atoms with van der Waals surface area (Å²) < 4.78 is 2.37. The number of nitrogens with zero attached hydrogens (tertiary/aromatic N) is 3. The van der Waals surface area contributed by atoms with Gasteiger partial charge in [-0.2, -0.15) is 0 Å². The first-order valence-electron chi connectivity index (χ1n) is 11.8. The van der Waals surface area contributed by atoms with Crippen molar-refractivity contribution in [1.29, 1.82) is 0 Å². The number of carbonyl (C=O) groups is 1. The molecular formula is C27H33N5OS. The van der Waals surface area contributed by atoms with Crippen LogP contribution in [0.4, 0.5) is 11.4 Å². The maximum Gasteiger partial charge on any atom is 0.224 e. The van der Waals surface area contributed by atoms with Crippen molar-refractivity contribution >= 4 is 34.6 Å². The van der Waals surface area contributed by atoms with Gasteiger partial charge in [0.2, 0.25) is 5.91 Å². The summed E-state index contributed by atoms with van der Waals surface area (Å²) >= 11 is 5.89. The number of nitrogens with one attached hydrogen (secondary N) is 2. The number of benzene rings is 1. The fraction of sp³-hybridized carbons (Fsp3) is 0.370. The summed E-state index contributed by atoms with van der Waals surface area (Å²) in [5.41, 5.74) is 7.46. The summed E-state index contributed by atoms with van der Waals surface area (Å²) in [6.07, 6.45) is 2.27. The first kappa shape index (κ1) is 24.0. The first-order chi connectivity index (χ1) is 16.2. The van der Waals surface area contributed by atoms with Gasteiger partial charge in [0.1, 0.15) is 0 Å². The Morgan fingerprint density at radius 2 is 1.94 bits per heavy atom. The van der Waals surface area contributed by atoms with Crippen LogP contribution < -0.4 is 15.5 Å². The van der Waals surface area contributed by atoms with E-state index in [4.69, 9.17) is 12.2 Å². The number of pyridine rings is 1. The Kier molecular flexibility index (Phi) is 6.75. The third-order valence-electron chi connectivity index (χ3n) is 6.54. The number of amides is 1. The van der Waals surface area contributed by atoms with Crippen LogP contribution in [0.15, 0.2) is 48.7 Å². The molecule has 0 spiro atoms. The predicted octanol–water partition coefficient (Wildman–Crippen LogP) is 5.91. The van der Waals surface area contributed by atoms with E-state index in [9.17, 15) is 4.79 Å². The molecule has 2 N–H and O–H groups in total. The maximum atomic E-state index is 11.9.